The Hall–Kier alpha value is -2.50. The van der Waals surface area contributed by atoms with E-state index >= 15 is 0 Å². The third kappa shape index (κ3) is 3.47. The first-order chi connectivity index (χ1) is 11.1. The van der Waals surface area contributed by atoms with Crippen molar-refractivity contribution in [1.29, 1.82) is 0 Å². The van der Waals surface area contributed by atoms with Gasteiger partial charge in [-0.3, -0.25) is 0 Å². The number of hydrogen-bond donors (Lipinski definition) is 2. The van der Waals surface area contributed by atoms with Crippen LogP contribution in [0.5, 0.6) is 0 Å². The molecule has 0 fully saturated rings. The molecule has 0 aliphatic rings. The van der Waals surface area contributed by atoms with Gasteiger partial charge in [0, 0.05) is 12.4 Å². The molecule has 4 nitrogen and oxygen atoms in total. The summed E-state index contributed by atoms with van der Waals surface area (Å²) in [6.07, 6.45) is 1.60. The zero-order valence-corrected chi connectivity index (χ0v) is 12.4. The molecular formula is C18H17FN2O2. The minimum Gasteiger partial charge on any atom is -0.387 e. The van der Waals surface area contributed by atoms with Crippen molar-refractivity contribution in [3.63, 3.8) is 0 Å². The highest BCUT2D eigenvalue weighted by molar-refractivity contribution is 5.23. The summed E-state index contributed by atoms with van der Waals surface area (Å²) in [7, 11) is 0. The number of aliphatic hydroxyl groups is 2. The summed E-state index contributed by atoms with van der Waals surface area (Å²) < 4.78 is 14.7. The quantitative estimate of drug-likeness (QED) is 0.761. The van der Waals surface area contributed by atoms with Gasteiger partial charge in [-0.1, -0.05) is 42.5 Å². The van der Waals surface area contributed by atoms with Crippen LogP contribution in [0.4, 0.5) is 4.39 Å². The number of hydrogen-bond acceptors (Lipinski definition) is 3. The Labute approximate surface area is 133 Å². The van der Waals surface area contributed by atoms with Crippen molar-refractivity contribution >= 4 is 0 Å². The summed E-state index contributed by atoms with van der Waals surface area (Å²) in [5.41, 5.74) is 1.34. The van der Waals surface area contributed by atoms with Gasteiger partial charge in [0.15, 0.2) is 0 Å². The minimum absolute atomic E-state index is 0.227. The third-order valence-electron chi connectivity index (χ3n) is 3.73. The maximum Gasteiger partial charge on any atom is 0.142 e. The predicted octanol–water partition coefficient (Wildman–Crippen LogP) is 2.84. The molecule has 3 aromatic rings. The van der Waals surface area contributed by atoms with Crippen molar-refractivity contribution in [3.8, 4) is 0 Å². The number of halogens is 1. The van der Waals surface area contributed by atoms with E-state index in [4.69, 9.17) is 0 Å². The van der Waals surface area contributed by atoms with Crippen molar-refractivity contribution in [2.45, 2.75) is 18.8 Å². The van der Waals surface area contributed by atoms with E-state index in [2.05, 4.69) is 4.98 Å². The topological polar surface area (TPSA) is 58.3 Å². The molecule has 5 heteroatoms. The molecule has 2 N–H and O–H groups in total. The van der Waals surface area contributed by atoms with Crippen LogP contribution in [0.15, 0.2) is 67.0 Å². The lowest BCUT2D eigenvalue weighted by molar-refractivity contribution is 0.147. The molecule has 118 valence electrons. The van der Waals surface area contributed by atoms with Crippen LogP contribution in [-0.2, 0) is 6.54 Å². The maximum atomic E-state index is 13.0. The summed E-state index contributed by atoms with van der Waals surface area (Å²) in [5.74, 6) is 0.112. The van der Waals surface area contributed by atoms with Crippen molar-refractivity contribution in [3.05, 3.63) is 89.8 Å². The molecular weight excluding hydrogens is 295 g/mol. The molecule has 0 saturated carbocycles. The highest BCUT2D eigenvalue weighted by Gasteiger charge is 2.18. The fourth-order valence-electron chi connectivity index (χ4n) is 2.48. The van der Waals surface area contributed by atoms with Gasteiger partial charge in [-0.25, -0.2) is 9.37 Å². The molecule has 0 amide bonds. The highest BCUT2D eigenvalue weighted by Crippen LogP contribution is 2.23. The highest BCUT2D eigenvalue weighted by atomic mass is 19.1. The average Bonchev–Trinajstić information content (AvgIpc) is 3.03. The second-order valence-electron chi connectivity index (χ2n) is 5.32. The molecule has 0 aliphatic heterocycles. The second kappa shape index (κ2) is 6.73. The van der Waals surface area contributed by atoms with E-state index < -0.39 is 12.2 Å². The first-order valence-corrected chi connectivity index (χ1v) is 7.32. The molecule has 2 atom stereocenters. The van der Waals surface area contributed by atoms with Crippen molar-refractivity contribution in [2.75, 3.05) is 0 Å². The molecule has 1 aromatic heterocycles. The van der Waals surface area contributed by atoms with Gasteiger partial charge in [-0.05, 0) is 23.3 Å². The van der Waals surface area contributed by atoms with Gasteiger partial charge in [0.05, 0.1) is 12.6 Å². The van der Waals surface area contributed by atoms with Crippen LogP contribution in [0, 0.1) is 5.82 Å². The first kappa shape index (κ1) is 15.4. The van der Waals surface area contributed by atoms with Gasteiger partial charge in [0.25, 0.3) is 0 Å². The van der Waals surface area contributed by atoms with E-state index in [0.29, 0.717) is 11.4 Å². The molecule has 0 radical (unpaired) electrons. The van der Waals surface area contributed by atoms with Gasteiger partial charge < -0.3 is 14.8 Å². The second-order valence-corrected chi connectivity index (χ2v) is 5.32. The number of benzene rings is 2. The van der Waals surface area contributed by atoms with Gasteiger partial charge in [0.2, 0.25) is 0 Å². The minimum atomic E-state index is -0.869. The van der Waals surface area contributed by atoms with Crippen LogP contribution < -0.4 is 0 Å². The van der Waals surface area contributed by atoms with Gasteiger partial charge in [0.1, 0.15) is 17.7 Å². The lowest BCUT2D eigenvalue weighted by atomic mass is 10.1. The Morgan fingerprint density at radius 1 is 0.957 bits per heavy atom. The average molecular weight is 312 g/mol. The summed E-state index contributed by atoms with van der Waals surface area (Å²) in [4.78, 5) is 4.20. The van der Waals surface area contributed by atoms with E-state index in [-0.39, 0.29) is 12.4 Å². The van der Waals surface area contributed by atoms with E-state index in [0.717, 1.165) is 5.56 Å². The Kier molecular flexibility index (Phi) is 4.50. The third-order valence-corrected chi connectivity index (χ3v) is 3.73. The molecule has 2 aromatic carbocycles. The van der Waals surface area contributed by atoms with Crippen molar-refractivity contribution < 1.29 is 14.6 Å². The lowest BCUT2D eigenvalue weighted by Gasteiger charge is -2.17. The summed E-state index contributed by atoms with van der Waals surface area (Å²) in [5, 5.41) is 20.8. The molecule has 0 spiro atoms. The van der Waals surface area contributed by atoms with Crippen molar-refractivity contribution in [2.24, 2.45) is 0 Å². The number of aliphatic hydroxyl groups excluding tert-OH is 2. The maximum absolute atomic E-state index is 13.0. The summed E-state index contributed by atoms with van der Waals surface area (Å²) >= 11 is 0. The van der Waals surface area contributed by atoms with Crippen LogP contribution in [0.3, 0.4) is 0 Å². The zero-order chi connectivity index (χ0) is 16.2. The smallest absolute Gasteiger partial charge is 0.142 e. The number of rotatable bonds is 5. The Balaban J connectivity index is 1.79. The molecule has 1 heterocycles. The Morgan fingerprint density at radius 2 is 1.65 bits per heavy atom. The van der Waals surface area contributed by atoms with Crippen LogP contribution in [0.2, 0.25) is 0 Å². The van der Waals surface area contributed by atoms with Crippen LogP contribution in [-0.4, -0.2) is 19.8 Å². The number of nitrogens with zero attached hydrogens (tertiary/aromatic N) is 2. The molecule has 0 saturated heterocycles. The van der Waals surface area contributed by atoms with Gasteiger partial charge >= 0.3 is 0 Å². The lowest BCUT2D eigenvalue weighted by Crippen LogP contribution is -2.14. The zero-order valence-electron chi connectivity index (χ0n) is 12.4. The monoisotopic (exact) mass is 312 g/mol. The fraction of sp³-hybridized carbons (Fsp3) is 0.167. The van der Waals surface area contributed by atoms with Gasteiger partial charge in [-0.2, -0.15) is 0 Å². The van der Waals surface area contributed by atoms with Gasteiger partial charge in [-0.15, -0.1) is 0 Å². The fourth-order valence-corrected chi connectivity index (χ4v) is 2.48. The molecule has 0 aliphatic carbocycles. The van der Waals surface area contributed by atoms with E-state index in [1.807, 2.05) is 30.3 Å². The summed E-state index contributed by atoms with van der Waals surface area (Å²) in [6, 6.07) is 14.9. The standard InChI is InChI=1S/C18H17FN2O2/c19-15-8-6-13(7-9-15)16(22)12-21-11-10-20-18(21)17(23)14-4-2-1-3-5-14/h1-11,16-17,22-23H,12H2/t16-,17+/m1/s1. The first-order valence-electron chi connectivity index (χ1n) is 7.32. The SMILES string of the molecule is O[C@@H](c1ccccc1)c1nccn1C[C@@H](O)c1ccc(F)cc1. The molecule has 0 bridgehead atoms. The molecule has 0 unspecified atom stereocenters. The van der Waals surface area contributed by atoms with Crippen molar-refractivity contribution in [1.82, 2.24) is 9.55 Å². The molecule has 23 heavy (non-hydrogen) atoms. The predicted molar refractivity (Wildman–Crippen MR) is 84.1 cm³/mol. The molecule has 3 rings (SSSR count). The Bertz CT molecular complexity index is 756. The van der Waals surface area contributed by atoms with E-state index in [9.17, 15) is 14.6 Å². The van der Waals surface area contributed by atoms with Crippen LogP contribution >= 0.6 is 0 Å². The van der Waals surface area contributed by atoms with Crippen LogP contribution in [0.25, 0.3) is 0 Å². The number of aromatic nitrogens is 2. The summed E-state index contributed by atoms with van der Waals surface area (Å²) in [6.45, 7) is 0.227. The van der Waals surface area contributed by atoms with E-state index in [1.54, 1.807) is 29.1 Å². The van der Waals surface area contributed by atoms with Crippen LogP contribution in [0.1, 0.15) is 29.2 Å². The largest absolute Gasteiger partial charge is 0.387 e. The van der Waals surface area contributed by atoms with E-state index in [1.165, 1.54) is 12.1 Å². The number of imidazole rings is 1. The normalized spacial score (nSPS) is 13.7. The Morgan fingerprint density at radius 3 is 2.35 bits per heavy atom.